The van der Waals surface area contributed by atoms with Crippen molar-refractivity contribution in [1.29, 1.82) is 5.26 Å². The lowest BCUT2D eigenvalue weighted by molar-refractivity contribution is -0.138. The fourth-order valence-corrected chi connectivity index (χ4v) is 3.53. The van der Waals surface area contributed by atoms with Crippen LogP contribution in [0, 0.1) is 16.7 Å². The van der Waals surface area contributed by atoms with Gasteiger partial charge in [-0.2, -0.15) is 5.26 Å². The van der Waals surface area contributed by atoms with Crippen molar-refractivity contribution in [3.05, 3.63) is 17.6 Å². The Morgan fingerprint density at radius 2 is 2.05 bits per heavy atom. The average molecular weight is 300 g/mol. The van der Waals surface area contributed by atoms with Gasteiger partial charge in [-0.15, -0.1) is 0 Å². The van der Waals surface area contributed by atoms with Gasteiger partial charge in [0.25, 0.3) is 0 Å². The van der Waals surface area contributed by atoms with E-state index >= 15 is 0 Å². The van der Waals surface area contributed by atoms with Crippen LogP contribution >= 0.6 is 0 Å². The van der Waals surface area contributed by atoms with Gasteiger partial charge in [0.15, 0.2) is 0 Å². The van der Waals surface area contributed by atoms with Crippen LogP contribution in [-0.2, 0) is 17.6 Å². The van der Waals surface area contributed by atoms with E-state index in [0.717, 1.165) is 24.1 Å². The first kappa shape index (κ1) is 14.8. The number of hydrogen-bond donors (Lipinski definition) is 0. The summed E-state index contributed by atoms with van der Waals surface area (Å²) in [5.41, 5.74) is 1.13. The van der Waals surface area contributed by atoms with Crippen molar-refractivity contribution in [3.8, 4) is 11.9 Å². The van der Waals surface area contributed by atoms with Gasteiger partial charge in [0.2, 0.25) is 11.8 Å². The lowest BCUT2D eigenvalue weighted by Gasteiger charge is -2.28. The lowest BCUT2D eigenvalue weighted by Crippen LogP contribution is -2.43. The van der Waals surface area contributed by atoms with Crippen molar-refractivity contribution in [2.75, 3.05) is 20.2 Å². The number of amides is 1. The molecule has 6 nitrogen and oxygen atoms in total. The van der Waals surface area contributed by atoms with Gasteiger partial charge in [0, 0.05) is 25.1 Å². The van der Waals surface area contributed by atoms with Crippen LogP contribution in [0.2, 0.25) is 0 Å². The molecule has 1 saturated carbocycles. The van der Waals surface area contributed by atoms with Gasteiger partial charge in [0.1, 0.15) is 11.7 Å². The Balaban J connectivity index is 1.80. The van der Waals surface area contributed by atoms with Gasteiger partial charge < -0.3 is 9.64 Å². The van der Waals surface area contributed by atoms with E-state index in [1.807, 2.05) is 4.90 Å². The molecule has 1 aliphatic carbocycles. The van der Waals surface area contributed by atoms with E-state index in [4.69, 9.17) is 4.74 Å². The molecular formula is C16H20N4O2. The molecule has 1 aromatic heterocycles. The quantitative estimate of drug-likeness (QED) is 0.827. The number of carbonyl (C=O) groups excluding carboxylic acids is 1. The number of fused-ring (bicyclic) bond motifs is 1. The summed E-state index contributed by atoms with van der Waals surface area (Å²) in [6.45, 7) is 1.20. The molecule has 116 valence electrons. The molecule has 0 unspecified atom stereocenters. The van der Waals surface area contributed by atoms with Crippen molar-refractivity contribution >= 4 is 5.91 Å². The van der Waals surface area contributed by atoms with Crippen LogP contribution in [0.1, 0.15) is 36.9 Å². The minimum atomic E-state index is -0.799. The molecule has 0 spiro atoms. The molecule has 2 heterocycles. The third-order valence-electron chi connectivity index (χ3n) is 4.81. The second-order valence-corrected chi connectivity index (χ2v) is 6.00. The van der Waals surface area contributed by atoms with Crippen LogP contribution in [0.15, 0.2) is 6.33 Å². The molecular weight excluding hydrogens is 280 g/mol. The highest BCUT2D eigenvalue weighted by Crippen LogP contribution is 2.39. The molecule has 0 N–H and O–H groups in total. The predicted octanol–water partition coefficient (Wildman–Crippen LogP) is 1.50. The molecule has 1 amide bonds. The zero-order valence-electron chi connectivity index (χ0n) is 12.8. The molecule has 0 saturated heterocycles. The molecule has 3 rings (SSSR count). The van der Waals surface area contributed by atoms with Crippen LogP contribution < -0.4 is 4.74 Å². The molecule has 0 radical (unpaired) electrons. The van der Waals surface area contributed by atoms with Crippen molar-refractivity contribution in [1.82, 2.24) is 14.9 Å². The maximum Gasteiger partial charge on any atom is 0.243 e. The van der Waals surface area contributed by atoms with Gasteiger partial charge in [-0.05, 0) is 19.3 Å². The first-order valence-electron chi connectivity index (χ1n) is 7.77. The first-order valence-corrected chi connectivity index (χ1v) is 7.77. The second kappa shape index (κ2) is 5.91. The summed E-state index contributed by atoms with van der Waals surface area (Å²) in [6, 6.07) is 2.29. The van der Waals surface area contributed by atoms with E-state index in [0.29, 0.717) is 44.7 Å². The van der Waals surface area contributed by atoms with E-state index in [2.05, 4.69) is 16.0 Å². The van der Waals surface area contributed by atoms with Crippen LogP contribution in [-0.4, -0.2) is 41.0 Å². The van der Waals surface area contributed by atoms with E-state index in [9.17, 15) is 10.1 Å². The second-order valence-electron chi connectivity index (χ2n) is 6.00. The molecule has 22 heavy (non-hydrogen) atoms. The number of carbonyl (C=O) groups is 1. The molecule has 1 fully saturated rings. The van der Waals surface area contributed by atoms with Gasteiger partial charge in [0.05, 0.1) is 18.9 Å². The number of ether oxygens (including phenoxy) is 1. The summed E-state index contributed by atoms with van der Waals surface area (Å²) in [7, 11) is 1.60. The fourth-order valence-electron chi connectivity index (χ4n) is 3.53. The molecule has 6 heteroatoms. The standard InChI is InChI=1S/C16H20N4O2/c1-22-14-12-4-8-20(9-5-13(12)18-11-19-14)15(21)16(10-17)6-2-3-7-16/h11H,2-9H2,1H3. The van der Waals surface area contributed by atoms with Crippen molar-refractivity contribution in [2.24, 2.45) is 5.41 Å². The Labute approximate surface area is 130 Å². The van der Waals surface area contributed by atoms with Crippen LogP contribution in [0.4, 0.5) is 0 Å². The summed E-state index contributed by atoms with van der Waals surface area (Å²) in [5.74, 6) is 0.586. The Kier molecular flexibility index (Phi) is 3.97. The van der Waals surface area contributed by atoms with Crippen molar-refractivity contribution in [2.45, 2.75) is 38.5 Å². The maximum absolute atomic E-state index is 12.8. The normalized spacial score (nSPS) is 19.9. The van der Waals surface area contributed by atoms with Crippen molar-refractivity contribution in [3.63, 3.8) is 0 Å². The van der Waals surface area contributed by atoms with Gasteiger partial charge in [-0.25, -0.2) is 9.97 Å². The Hall–Kier alpha value is -2.16. The van der Waals surface area contributed by atoms with Crippen LogP contribution in [0.25, 0.3) is 0 Å². The van der Waals surface area contributed by atoms with Gasteiger partial charge in [-0.1, -0.05) is 12.8 Å². The molecule has 2 aliphatic rings. The van der Waals surface area contributed by atoms with E-state index in [-0.39, 0.29) is 5.91 Å². The smallest absolute Gasteiger partial charge is 0.243 e. The monoisotopic (exact) mass is 300 g/mol. The summed E-state index contributed by atoms with van der Waals surface area (Å²) in [6.07, 6.45) is 6.17. The maximum atomic E-state index is 12.8. The zero-order chi connectivity index (χ0) is 15.6. The number of nitriles is 1. The summed E-state index contributed by atoms with van der Waals surface area (Å²) < 4.78 is 5.30. The molecule has 0 aromatic carbocycles. The predicted molar refractivity (Wildman–Crippen MR) is 79.1 cm³/mol. The van der Waals surface area contributed by atoms with E-state index in [1.165, 1.54) is 6.33 Å². The van der Waals surface area contributed by atoms with Crippen molar-refractivity contribution < 1.29 is 9.53 Å². The number of methoxy groups -OCH3 is 1. The van der Waals surface area contributed by atoms with E-state index < -0.39 is 5.41 Å². The topological polar surface area (TPSA) is 79.1 Å². The number of hydrogen-bond acceptors (Lipinski definition) is 5. The van der Waals surface area contributed by atoms with Gasteiger partial charge >= 0.3 is 0 Å². The third kappa shape index (κ3) is 2.41. The largest absolute Gasteiger partial charge is 0.481 e. The number of rotatable bonds is 2. The lowest BCUT2D eigenvalue weighted by atomic mass is 9.86. The average Bonchev–Trinajstić information content (AvgIpc) is 2.94. The zero-order valence-corrected chi connectivity index (χ0v) is 12.8. The number of nitrogens with zero attached hydrogens (tertiary/aromatic N) is 4. The third-order valence-corrected chi connectivity index (χ3v) is 4.81. The van der Waals surface area contributed by atoms with E-state index in [1.54, 1.807) is 7.11 Å². The van der Waals surface area contributed by atoms with Gasteiger partial charge in [-0.3, -0.25) is 4.79 Å². The number of aromatic nitrogens is 2. The highest BCUT2D eigenvalue weighted by atomic mass is 16.5. The Morgan fingerprint density at radius 3 is 2.73 bits per heavy atom. The summed E-state index contributed by atoms with van der Waals surface area (Å²) in [4.78, 5) is 23.1. The van der Waals surface area contributed by atoms with Crippen LogP contribution in [0.5, 0.6) is 5.88 Å². The molecule has 1 aliphatic heterocycles. The molecule has 1 aromatic rings. The molecule has 0 bridgehead atoms. The fraction of sp³-hybridized carbons (Fsp3) is 0.625. The minimum Gasteiger partial charge on any atom is -0.481 e. The Morgan fingerprint density at radius 1 is 1.32 bits per heavy atom. The highest BCUT2D eigenvalue weighted by Gasteiger charge is 2.44. The summed E-state index contributed by atoms with van der Waals surface area (Å²) >= 11 is 0. The molecule has 0 atom stereocenters. The highest BCUT2D eigenvalue weighted by molar-refractivity contribution is 5.86. The SMILES string of the molecule is COc1ncnc2c1CCN(C(=O)C1(C#N)CCCC1)CC2. The van der Waals surface area contributed by atoms with Crippen LogP contribution in [0.3, 0.4) is 0 Å². The first-order chi connectivity index (χ1) is 10.7. The Bertz CT molecular complexity index is 617. The minimum absolute atomic E-state index is 0.00719. The summed E-state index contributed by atoms with van der Waals surface area (Å²) in [5, 5.41) is 9.50.